The minimum absolute atomic E-state index is 0.0556. The lowest BCUT2D eigenvalue weighted by atomic mass is 10.0. The van der Waals surface area contributed by atoms with E-state index in [0.29, 0.717) is 28.9 Å². The number of hydrogen-bond acceptors (Lipinski definition) is 5. The zero-order chi connectivity index (χ0) is 19.1. The molecule has 0 saturated carbocycles. The number of phenols is 1. The van der Waals surface area contributed by atoms with Crippen LogP contribution in [0.2, 0.25) is 0 Å². The Bertz CT molecular complexity index is 1020. The number of ketones is 2. The van der Waals surface area contributed by atoms with E-state index in [1.54, 1.807) is 36.4 Å². The van der Waals surface area contributed by atoms with Gasteiger partial charge in [-0.25, -0.2) is 4.79 Å². The maximum atomic E-state index is 12.4. The molecule has 2 aliphatic rings. The number of carboxylic acids is 1. The lowest BCUT2D eigenvalue weighted by Crippen LogP contribution is -2.04. The maximum absolute atomic E-state index is 12.4. The number of Topliss-reactive ketones (excluding diaryl/α,β-unsaturated/α-hetero) is 2. The van der Waals surface area contributed by atoms with E-state index < -0.39 is 12.1 Å². The van der Waals surface area contributed by atoms with Gasteiger partial charge in [-0.15, -0.1) is 0 Å². The molecule has 0 radical (unpaired) electrons. The van der Waals surface area contributed by atoms with E-state index in [-0.39, 0.29) is 28.5 Å². The Hall–Kier alpha value is -3.67. The number of carbonyl (C=O) groups is 3. The monoisotopic (exact) mass is 362 g/mol. The van der Waals surface area contributed by atoms with Gasteiger partial charge >= 0.3 is 5.97 Å². The van der Waals surface area contributed by atoms with Gasteiger partial charge in [0, 0.05) is 17.5 Å². The third-order valence-corrected chi connectivity index (χ3v) is 4.63. The molecule has 0 amide bonds. The van der Waals surface area contributed by atoms with Gasteiger partial charge in [0.15, 0.2) is 11.6 Å². The smallest absolute Gasteiger partial charge is 0.339 e. The fraction of sp³-hybridized carbons (Fsp3) is 0.0952. The van der Waals surface area contributed by atoms with Crippen molar-refractivity contribution in [2.45, 2.75) is 12.5 Å². The first-order valence-electron chi connectivity index (χ1n) is 8.29. The molecule has 1 heterocycles. The first-order chi connectivity index (χ1) is 13.0. The topological polar surface area (TPSA) is 101 Å². The summed E-state index contributed by atoms with van der Waals surface area (Å²) in [6, 6.07) is 10.9. The molecule has 1 aliphatic carbocycles. The molecule has 4 rings (SSSR count). The van der Waals surface area contributed by atoms with E-state index in [1.165, 1.54) is 18.2 Å². The van der Waals surface area contributed by atoms with Crippen molar-refractivity contribution in [2.24, 2.45) is 0 Å². The molecular formula is C21H14O6. The molecule has 2 N–H and O–H groups in total. The number of benzene rings is 2. The molecule has 27 heavy (non-hydrogen) atoms. The molecule has 0 bridgehead atoms. The fourth-order valence-electron chi connectivity index (χ4n) is 3.25. The zero-order valence-corrected chi connectivity index (χ0v) is 14.0. The van der Waals surface area contributed by atoms with Crippen molar-refractivity contribution >= 4 is 17.5 Å². The molecule has 0 spiro atoms. The zero-order valence-electron chi connectivity index (χ0n) is 14.0. The Balaban J connectivity index is 1.57. The third-order valence-electron chi connectivity index (χ3n) is 4.63. The van der Waals surface area contributed by atoms with Gasteiger partial charge in [-0.2, -0.15) is 0 Å². The van der Waals surface area contributed by atoms with E-state index in [1.807, 2.05) is 0 Å². The molecule has 1 aliphatic heterocycles. The third kappa shape index (κ3) is 2.81. The van der Waals surface area contributed by atoms with Gasteiger partial charge in [-0.05, 0) is 29.8 Å². The van der Waals surface area contributed by atoms with E-state index in [2.05, 4.69) is 0 Å². The minimum Gasteiger partial charge on any atom is -0.507 e. The molecule has 0 fully saturated rings. The molecule has 0 aromatic heterocycles. The van der Waals surface area contributed by atoms with Crippen LogP contribution >= 0.6 is 0 Å². The highest BCUT2D eigenvalue weighted by molar-refractivity contribution is 6.39. The quantitative estimate of drug-likeness (QED) is 0.641. The second-order valence-electron chi connectivity index (χ2n) is 6.29. The number of carbonyl (C=O) groups excluding carboxylic acids is 2. The average molecular weight is 362 g/mol. The number of fused-ring (bicyclic) bond motifs is 1. The number of allylic oxidation sites excluding steroid dienone is 2. The van der Waals surface area contributed by atoms with Crippen molar-refractivity contribution in [1.29, 1.82) is 0 Å². The van der Waals surface area contributed by atoms with Crippen molar-refractivity contribution in [3.8, 4) is 5.75 Å². The summed E-state index contributed by atoms with van der Waals surface area (Å²) >= 11 is 0. The summed E-state index contributed by atoms with van der Waals surface area (Å²) in [4.78, 5) is 36.0. The Morgan fingerprint density at radius 2 is 1.74 bits per heavy atom. The van der Waals surface area contributed by atoms with Gasteiger partial charge in [0.2, 0.25) is 0 Å². The van der Waals surface area contributed by atoms with Crippen LogP contribution in [0.5, 0.6) is 5.75 Å². The normalized spacial score (nSPS) is 18.1. The first-order valence-corrected chi connectivity index (χ1v) is 8.29. The average Bonchev–Trinajstić information content (AvgIpc) is 3.22. The summed E-state index contributed by atoms with van der Waals surface area (Å²) in [5.74, 6) is -1.83. The van der Waals surface area contributed by atoms with E-state index >= 15 is 0 Å². The van der Waals surface area contributed by atoms with Gasteiger partial charge in [0.05, 0.1) is 5.57 Å². The van der Waals surface area contributed by atoms with Crippen molar-refractivity contribution in [3.05, 3.63) is 88.2 Å². The van der Waals surface area contributed by atoms with Crippen LogP contribution in [0.4, 0.5) is 0 Å². The second-order valence-corrected chi connectivity index (χ2v) is 6.29. The molecule has 2 aromatic rings. The number of aromatic carboxylic acids is 1. The van der Waals surface area contributed by atoms with Gasteiger partial charge in [0.25, 0.3) is 0 Å². The van der Waals surface area contributed by atoms with E-state index in [4.69, 9.17) is 9.84 Å². The van der Waals surface area contributed by atoms with Crippen LogP contribution in [0.3, 0.4) is 0 Å². The lowest BCUT2D eigenvalue weighted by Gasteiger charge is -2.13. The van der Waals surface area contributed by atoms with E-state index in [9.17, 15) is 19.5 Å². The summed E-state index contributed by atoms with van der Waals surface area (Å²) < 4.78 is 5.79. The minimum atomic E-state index is -1.23. The largest absolute Gasteiger partial charge is 0.507 e. The molecule has 6 heteroatoms. The summed E-state index contributed by atoms with van der Waals surface area (Å²) in [5.41, 5.74) is 1.20. The summed E-state index contributed by atoms with van der Waals surface area (Å²) in [7, 11) is 0. The Labute approximate surface area is 154 Å². The number of carboxylic acid groups (broad SMARTS) is 1. The van der Waals surface area contributed by atoms with Crippen molar-refractivity contribution in [2.75, 3.05) is 0 Å². The van der Waals surface area contributed by atoms with Crippen LogP contribution < -0.4 is 0 Å². The second kappa shape index (κ2) is 6.25. The molecule has 2 aromatic carbocycles. The standard InChI is InChI=1S/C21H14O6/c22-17-7-5-11(9-15(17)21(25)26)18-8-6-12(27-18)10-16-19(23)13-3-1-2-4-14(13)20(16)24/h1-7,9-10,18,22H,8H2,(H,25,26). The predicted molar refractivity (Wildman–Crippen MR) is 94.8 cm³/mol. The molecule has 1 unspecified atom stereocenters. The Kier molecular flexibility index (Phi) is 3.88. The lowest BCUT2D eigenvalue weighted by molar-refractivity contribution is 0.0692. The number of ether oxygens (including phenoxy) is 1. The highest BCUT2D eigenvalue weighted by Crippen LogP contribution is 2.35. The van der Waals surface area contributed by atoms with Crippen LogP contribution in [-0.2, 0) is 4.74 Å². The highest BCUT2D eigenvalue weighted by atomic mass is 16.5. The number of hydrogen-bond donors (Lipinski definition) is 2. The van der Waals surface area contributed by atoms with Crippen LogP contribution in [0, 0.1) is 0 Å². The molecule has 6 nitrogen and oxygen atoms in total. The van der Waals surface area contributed by atoms with Crippen LogP contribution in [-0.4, -0.2) is 27.7 Å². The Morgan fingerprint density at radius 1 is 1.07 bits per heavy atom. The van der Waals surface area contributed by atoms with Crippen molar-refractivity contribution in [3.63, 3.8) is 0 Å². The predicted octanol–water partition coefficient (Wildman–Crippen LogP) is 3.44. The summed E-state index contributed by atoms with van der Waals surface area (Å²) in [5, 5.41) is 18.7. The van der Waals surface area contributed by atoms with Gasteiger partial charge in [-0.3, -0.25) is 9.59 Å². The summed E-state index contributed by atoms with van der Waals surface area (Å²) in [6.45, 7) is 0. The number of aromatic hydroxyl groups is 1. The fourth-order valence-corrected chi connectivity index (χ4v) is 3.25. The molecule has 0 saturated heterocycles. The molecule has 1 atom stereocenters. The van der Waals surface area contributed by atoms with Crippen molar-refractivity contribution < 1.29 is 29.3 Å². The Morgan fingerprint density at radius 3 is 2.37 bits per heavy atom. The van der Waals surface area contributed by atoms with Gasteiger partial charge in [0.1, 0.15) is 23.2 Å². The SMILES string of the molecule is O=C(O)c1cc(C2CC=C(C=C3C(=O)c4ccccc4C3=O)O2)ccc1O. The maximum Gasteiger partial charge on any atom is 0.339 e. The van der Waals surface area contributed by atoms with Gasteiger partial charge in [-0.1, -0.05) is 30.3 Å². The number of rotatable bonds is 3. The van der Waals surface area contributed by atoms with Gasteiger partial charge < -0.3 is 14.9 Å². The van der Waals surface area contributed by atoms with Crippen LogP contribution in [0.1, 0.15) is 49.2 Å². The van der Waals surface area contributed by atoms with Crippen LogP contribution in [0.25, 0.3) is 0 Å². The molecule has 134 valence electrons. The first kappa shape index (κ1) is 16.8. The van der Waals surface area contributed by atoms with Crippen LogP contribution in [0.15, 0.2) is 65.9 Å². The van der Waals surface area contributed by atoms with E-state index in [0.717, 1.165) is 0 Å². The summed E-state index contributed by atoms with van der Waals surface area (Å²) in [6.07, 6.45) is 3.18. The van der Waals surface area contributed by atoms with Crippen molar-refractivity contribution in [1.82, 2.24) is 0 Å². The molecular weight excluding hydrogens is 348 g/mol. The highest BCUT2D eigenvalue weighted by Gasteiger charge is 2.33.